The zero-order valence-corrected chi connectivity index (χ0v) is 29.4. The minimum Gasteiger partial charge on any atom is -0.459 e. The second kappa shape index (κ2) is 15.3. The fourth-order valence-corrected chi connectivity index (χ4v) is 7.11. The van der Waals surface area contributed by atoms with Crippen molar-refractivity contribution in [3.63, 3.8) is 0 Å². The minimum absolute atomic E-state index is 0.0904. The number of hydrogen-bond donors (Lipinski definition) is 0. The Kier molecular flexibility index (Phi) is 10.2. The number of carbonyl (C=O) groups is 6. The van der Waals surface area contributed by atoms with Crippen molar-refractivity contribution >= 4 is 35.6 Å². The predicted molar refractivity (Wildman–Crippen MR) is 191 cm³/mol. The first kappa shape index (κ1) is 36.0. The third-order valence-corrected chi connectivity index (χ3v) is 9.87. The Morgan fingerprint density at radius 2 is 1.11 bits per heavy atom. The van der Waals surface area contributed by atoms with Crippen molar-refractivity contribution in [2.75, 3.05) is 13.7 Å². The summed E-state index contributed by atoms with van der Waals surface area (Å²) in [5.74, 6) is -5.77. The van der Waals surface area contributed by atoms with E-state index in [1.165, 1.54) is 36.2 Å². The topological polar surface area (TPSA) is 146 Å². The van der Waals surface area contributed by atoms with Gasteiger partial charge in [-0.25, -0.2) is 14.4 Å². The molecule has 3 heterocycles. The average molecular weight is 729 g/mol. The van der Waals surface area contributed by atoms with Crippen molar-refractivity contribution in [3.05, 3.63) is 155 Å². The first-order valence-electron chi connectivity index (χ1n) is 17.4. The summed E-state index contributed by atoms with van der Waals surface area (Å²) >= 11 is 0. The number of carbonyl (C=O) groups excluding carboxylic acids is 6. The molecule has 1 saturated heterocycles. The second-order valence-electron chi connectivity index (χ2n) is 13.2. The molecule has 1 fully saturated rings. The van der Waals surface area contributed by atoms with E-state index in [4.69, 9.17) is 18.9 Å². The summed E-state index contributed by atoms with van der Waals surface area (Å²) in [5, 5.41) is 0. The van der Waals surface area contributed by atoms with E-state index in [2.05, 4.69) is 0 Å². The quantitative estimate of drug-likeness (QED) is 0.131. The molecule has 6 atom stereocenters. The van der Waals surface area contributed by atoms with Crippen molar-refractivity contribution < 1.29 is 47.7 Å². The number of hydrogen-bond acceptors (Lipinski definition) is 10. The summed E-state index contributed by atoms with van der Waals surface area (Å²) in [5.41, 5.74) is 1.41. The molecular formula is C42H36N2O10. The first-order valence-corrected chi connectivity index (χ1v) is 17.4. The smallest absolute Gasteiger partial charge is 0.338 e. The number of rotatable bonds is 10. The van der Waals surface area contributed by atoms with E-state index in [-0.39, 0.29) is 34.4 Å². The fraction of sp³-hybridized carbons (Fsp3) is 0.238. The molecule has 274 valence electrons. The number of benzene rings is 4. The molecule has 12 nitrogen and oxygen atoms in total. The molecule has 0 bridgehead atoms. The van der Waals surface area contributed by atoms with Gasteiger partial charge >= 0.3 is 17.9 Å². The Balaban J connectivity index is 1.30. The molecule has 7 rings (SSSR count). The van der Waals surface area contributed by atoms with Crippen LogP contribution in [-0.2, 0) is 39.9 Å². The van der Waals surface area contributed by atoms with Gasteiger partial charge in [0.1, 0.15) is 18.8 Å². The molecule has 0 radical (unpaired) electrons. The predicted octanol–water partition coefficient (Wildman–Crippen LogP) is 4.40. The van der Waals surface area contributed by atoms with Crippen LogP contribution < -0.4 is 0 Å². The average Bonchev–Trinajstić information content (AvgIpc) is 3.65. The lowest BCUT2D eigenvalue weighted by atomic mass is 9.82. The third kappa shape index (κ3) is 6.91. The van der Waals surface area contributed by atoms with Crippen LogP contribution in [0.15, 0.2) is 132 Å². The molecule has 0 spiro atoms. The summed E-state index contributed by atoms with van der Waals surface area (Å²) < 4.78 is 24.3. The van der Waals surface area contributed by atoms with Crippen molar-refractivity contribution in [2.24, 2.45) is 5.92 Å². The van der Waals surface area contributed by atoms with Gasteiger partial charge in [-0.05, 0) is 48.9 Å². The van der Waals surface area contributed by atoms with E-state index in [9.17, 15) is 28.8 Å². The highest BCUT2D eigenvalue weighted by molar-refractivity contribution is 6.19. The normalized spacial score (nSPS) is 23.6. The number of nitrogens with zero attached hydrogens (tertiary/aromatic N) is 2. The van der Waals surface area contributed by atoms with Crippen LogP contribution in [0.1, 0.15) is 43.6 Å². The van der Waals surface area contributed by atoms with Gasteiger partial charge in [-0.1, -0.05) is 84.9 Å². The van der Waals surface area contributed by atoms with Crippen LogP contribution >= 0.6 is 0 Å². The molecule has 4 aromatic rings. The minimum atomic E-state index is -1.51. The standard InChI is InChI=1S/C42H36N2O10/c1-25-31-32(39(47)44(25)23-26-15-7-3-8-16-26)33(38(46)43(2)37(31)45)35-36(54-42(50)29-21-13-6-14-22-29)34(53-41(49)28-19-11-5-12-20-28)30(52-35)24-51-40(48)27-17-9-4-10-18-27/h3-22,25,30,33-36H,23-24H2,1-2H3/t25-,30-,33-,34+,35+,36+/m0/s1. The Morgan fingerprint density at radius 1 is 0.630 bits per heavy atom. The van der Waals surface area contributed by atoms with Gasteiger partial charge in [0, 0.05) is 24.7 Å². The number of amides is 3. The van der Waals surface area contributed by atoms with Crippen molar-refractivity contribution in [3.8, 4) is 0 Å². The molecule has 0 aromatic heterocycles. The molecule has 54 heavy (non-hydrogen) atoms. The molecule has 4 aromatic carbocycles. The van der Waals surface area contributed by atoms with E-state index >= 15 is 0 Å². The lowest BCUT2D eigenvalue weighted by molar-refractivity contribution is -0.150. The highest BCUT2D eigenvalue weighted by Crippen LogP contribution is 2.44. The number of likely N-dealkylation sites (N-methyl/N-ethyl adjacent to an activating group) is 1. The van der Waals surface area contributed by atoms with Crippen LogP contribution in [0, 0.1) is 5.92 Å². The Morgan fingerprint density at radius 3 is 1.65 bits per heavy atom. The van der Waals surface area contributed by atoms with Gasteiger partial charge in [0.15, 0.2) is 12.2 Å². The largest absolute Gasteiger partial charge is 0.459 e. The third-order valence-electron chi connectivity index (χ3n) is 9.87. The number of imide groups is 1. The molecule has 12 heteroatoms. The van der Waals surface area contributed by atoms with Gasteiger partial charge in [0.05, 0.1) is 28.7 Å². The van der Waals surface area contributed by atoms with Gasteiger partial charge < -0.3 is 23.8 Å². The van der Waals surface area contributed by atoms with E-state index in [0.29, 0.717) is 0 Å². The second-order valence-corrected chi connectivity index (χ2v) is 13.2. The van der Waals surface area contributed by atoms with Crippen molar-refractivity contribution in [1.82, 2.24) is 9.80 Å². The van der Waals surface area contributed by atoms with Crippen LogP contribution in [0.3, 0.4) is 0 Å². The molecule has 3 amide bonds. The van der Waals surface area contributed by atoms with Gasteiger partial charge in [-0.15, -0.1) is 0 Å². The summed E-state index contributed by atoms with van der Waals surface area (Å²) in [4.78, 5) is 85.3. The maximum absolute atomic E-state index is 14.4. The van der Waals surface area contributed by atoms with Crippen molar-refractivity contribution in [2.45, 2.75) is 43.9 Å². The van der Waals surface area contributed by atoms with Gasteiger partial charge in [0.2, 0.25) is 5.91 Å². The van der Waals surface area contributed by atoms with E-state index in [0.717, 1.165) is 10.5 Å². The van der Waals surface area contributed by atoms with Crippen LogP contribution in [0.4, 0.5) is 0 Å². The molecular weight excluding hydrogens is 692 g/mol. The first-order chi connectivity index (χ1) is 26.1. The Labute approximate surface area is 310 Å². The number of esters is 3. The lowest BCUT2D eigenvalue weighted by Crippen LogP contribution is -2.52. The van der Waals surface area contributed by atoms with Crippen LogP contribution in [-0.4, -0.2) is 89.5 Å². The summed E-state index contributed by atoms with van der Waals surface area (Å²) in [6.45, 7) is 1.38. The fourth-order valence-electron chi connectivity index (χ4n) is 7.11. The Bertz CT molecular complexity index is 2110. The van der Waals surface area contributed by atoms with E-state index in [1.54, 1.807) is 73.7 Å². The van der Waals surface area contributed by atoms with Crippen LogP contribution in [0.5, 0.6) is 0 Å². The molecule has 0 aliphatic carbocycles. The Hall–Kier alpha value is -6.40. The van der Waals surface area contributed by atoms with Gasteiger partial charge in [-0.3, -0.25) is 19.3 Å². The maximum atomic E-state index is 14.4. The SMILES string of the molecule is C[C@H]1C2=C(C(=O)N1Cc1ccccc1)[C@@H]([C@H]1O[C@@H](COC(=O)c3ccccc3)[C@@H](OC(=O)c3ccccc3)[C@H]1OC(=O)c1ccccc1)C(=O)N(C)C2=O. The zero-order valence-electron chi connectivity index (χ0n) is 29.4. The molecule has 0 N–H and O–H groups in total. The van der Waals surface area contributed by atoms with E-state index < -0.39 is 78.6 Å². The number of ether oxygens (including phenoxy) is 4. The lowest BCUT2D eigenvalue weighted by Gasteiger charge is -2.34. The summed E-state index contributed by atoms with van der Waals surface area (Å²) in [7, 11) is 1.31. The van der Waals surface area contributed by atoms with Gasteiger partial charge in [0.25, 0.3) is 11.8 Å². The molecule has 3 aliphatic rings. The summed E-state index contributed by atoms with van der Waals surface area (Å²) in [6.07, 6.45) is -5.69. The zero-order chi connectivity index (χ0) is 37.9. The molecule has 0 saturated carbocycles. The highest BCUT2D eigenvalue weighted by Gasteiger charge is 2.60. The molecule has 3 aliphatic heterocycles. The van der Waals surface area contributed by atoms with Crippen molar-refractivity contribution in [1.29, 1.82) is 0 Å². The maximum Gasteiger partial charge on any atom is 0.338 e. The molecule has 0 unspecified atom stereocenters. The highest BCUT2D eigenvalue weighted by atomic mass is 16.7. The van der Waals surface area contributed by atoms with Gasteiger partial charge in [-0.2, -0.15) is 0 Å². The summed E-state index contributed by atoms with van der Waals surface area (Å²) in [6, 6.07) is 32.8. The van der Waals surface area contributed by atoms with Crippen LogP contribution in [0.25, 0.3) is 0 Å². The van der Waals surface area contributed by atoms with E-state index in [1.807, 2.05) is 30.3 Å². The van der Waals surface area contributed by atoms with Crippen LogP contribution in [0.2, 0.25) is 0 Å². The monoisotopic (exact) mass is 728 g/mol.